The van der Waals surface area contributed by atoms with Gasteiger partial charge in [-0.15, -0.1) is 21.5 Å². The minimum Gasteiger partial charge on any atom is -0.368 e. The Balaban J connectivity index is 1.92. The number of carbonyl (C=O) groups is 1. The maximum absolute atomic E-state index is 11.7. The highest BCUT2D eigenvalue weighted by Gasteiger charge is 2.11. The standard InChI is InChI=1S/C10H10N6OS2/c1-16-9(12)14-15-10(16)19-5-7(17)13-8-6(4-11)2-3-18-8/h2-3H,5H2,1H3,(H2,12,14)(H,13,17). The van der Waals surface area contributed by atoms with Crippen molar-refractivity contribution in [3.63, 3.8) is 0 Å². The van der Waals surface area contributed by atoms with Crippen LogP contribution in [0.15, 0.2) is 16.6 Å². The molecule has 0 aliphatic heterocycles. The molecule has 0 saturated heterocycles. The Bertz CT molecular complexity index is 641. The van der Waals surface area contributed by atoms with Crippen LogP contribution in [0.2, 0.25) is 0 Å². The predicted molar refractivity (Wildman–Crippen MR) is 73.8 cm³/mol. The topological polar surface area (TPSA) is 110 Å². The van der Waals surface area contributed by atoms with Gasteiger partial charge in [0, 0.05) is 7.05 Å². The van der Waals surface area contributed by atoms with Crippen molar-refractivity contribution in [3.05, 3.63) is 17.0 Å². The minimum atomic E-state index is -0.203. The molecule has 19 heavy (non-hydrogen) atoms. The van der Waals surface area contributed by atoms with Gasteiger partial charge in [0.05, 0.1) is 11.3 Å². The number of anilines is 2. The van der Waals surface area contributed by atoms with Crippen molar-refractivity contribution >= 4 is 40.0 Å². The maximum atomic E-state index is 11.7. The molecular formula is C10H10N6OS2. The van der Waals surface area contributed by atoms with E-state index in [4.69, 9.17) is 11.0 Å². The number of hydrogen-bond acceptors (Lipinski definition) is 7. The lowest BCUT2D eigenvalue weighted by molar-refractivity contribution is -0.113. The zero-order valence-corrected chi connectivity index (χ0v) is 11.6. The first-order valence-electron chi connectivity index (χ1n) is 5.17. The van der Waals surface area contributed by atoms with Crippen LogP contribution in [0.25, 0.3) is 0 Å². The van der Waals surface area contributed by atoms with Gasteiger partial charge in [-0.2, -0.15) is 5.26 Å². The van der Waals surface area contributed by atoms with Crippen molar-refractivity contribution in [1.82, 2.24) is 14.8 Å². The minimum absolute atomic E-state index is 0.175. The van der Waals surface area contributed by atoms with Gasteiger partial charge in [0.25, 0.3) is 0 Å². The van der Waals surface area contributed by atoms with Gasteiger partial charge in [-0.1, -0.05) is 11.8 Å². The van der Waals surface area contributed by atoms with E-state index in [0.717, 1.165) is 0 Å². The smallest absolute Gasteiger partial charge is 0.235 e. The Kier molecular flexibility index (Phi) is 4.03. The molecule has 0 radical (unpaired) electrons. The molecule has 0 aliphatic carbocycles. The van der Waals surface area contributed by atoms with E-state index in [1.807, 2.05) is 6.07 Å². The molecule has 0 fully saturated rings. The third-order valence-corrected chi connectivity index (χ3v) is 4.09. The van der Waals surface area contributed by atoms with E-state index in [9.17, 15) is 4.79 Å². The lowest BCUT2D eigenvalue weighted by atomic mass is 10.3. The number of amides is 1. The van der Waals surface area contributed by atoms with Gasteiger partial charge in [-0.25, -0.2) is 0 Å². The lowest BCUT2D eigenvalue weighted by Crippen LogP contribution is -2.14. The molecule has 9 heteroatoms. The summed E-state index contributed by atoms with van der Waals surface area (Å²) >= 11 is 2.54. The number of hydrogen-bond donors (Lipinski definition) is 2. The van der Waals surface area contributed by atoms with Gasteiger partial charge in [0.1, 0.15) is 11.1 Å². The Labute approximate surface area is 117 Å². The van der Waals surface area contributed by atoms with Crippen molar-refractivity contribution in [2.75, 3.05) is 16.8 Å². The van der Waals surface area contributed by atoms with E-state index in [1.165, 1.54) is 23.1 Å². The molecular weight excluding hydrogens is 284 g/mol. The van der Waals surface area contributed by atoms with Crippen molar-refractivity contribution in [2.45, 2.75) is 5.16 Å². The molecule has 0 aromatic carbocycles. The number of nitrogens with two attached hydrogens (primary N) is 1. The summed E-state index contributed by atoms with van der Waals surface area (Å²) in [4.78, 5) is 11.7. The molecule has 0 aliphatic rings. The molecule has 0 bridgehead atoms. The Morgan fingerprint density at radius 2 is 2.47 bits per heavy atom. The molecule has 0 unspecified atom stereocenters. The fraction of sp³-hybridized carbons (Fsp3) is 0.200. The molecule has 0 atom stereocenters. The fourth-order valence-electron chi connectivity index (χ4n) is 1.24. The predicted octanol–water partition coefficient (Wildman–Crippen LogP) is 1.06. The first-order chi connectivity index (χ1) is 9.11. The first kappa shape index (κ1) is 13.4. The lowest BCUT2D eigenvalue weighted by Gasteiger charge is -2.03. The van der Waals surface area contributed by atoms with Gasteiger partial charge in [-0.05, 0) is 11.4 Å². The Morgan fingerprint density at radius 1 is 1.68 bits per heavy atom. The summed E-state index contributed by atoms with van der Waals surface area (Å²) in [7, 11) is 1.72. The van der Waals surface area contributed by atoms with Crippen LogP contribution < -0.4 is 11.1 Å². The van der Waals surface area contributed by atoms with Crippen LogP contribution in [0.4, 0.5) is 10.9 Å². The molecule has 0 saturated carbocycles. The average Bonchev–Trinajstić information content (AvgIpc) is 2.96. The van der Waals surface area contributed by atoms with Crippen LogP contribution in [0, 0.1) is 11.3 Å². The highest BCUT2D eigenvalue weighted by Crippen LogP contribution is 2.23. The maximum Gasteiger partial charge on any atom is 0.235 e. The van der Waals surface area contributed by atoms with Gasteiger partial charge in [0.2, 0.25) is 11.9 Å². The number of thiophene rings is 1. The zero-order chi connectivity index (χ0) is 13.8. The highest BCUT2D eigenvalue weighted by atomic mass is 32.2. The number of carbonyl (C=O) groups excluding carboxylic acids is 1. The van der Waals surface area contributed by atoms with Gasteiger partial charge in [-0.3, -0.25) is 9.36 Å². The van der Waals surface area contributed by atoms with Crippen LogP contribution >= 0.6 is 23.1 Å². The number of nitrogens with zero attached hydrogens (tertiary/aromatic N) is 4. The number of nitriles is 1. The summed E-state index contributed by atoms with van der Waals surface area (Å²) in [5.41, 5.74) is 6.00. The van der Waals surface area contributed by atoms with Crippen LogP contribution in [-0.2, 0) is 11.8 Å². The summed E-state index contributed by atoms with van der Waals surface area (Å²) in [6, 6.07) is 3.68. The van der Waals surface area contributed by atoms with E-state index in [-0.39, 0.29) is 11.7 Å². The average molecular weight is 294 g/mol. The number of aromatic nitrogens is 3. The molecule has 2 heterocycles. The van der Waals surface area contributed by atoms with E-state index >= 15 is 0 Å². The summed E-state index contributed by atoms with van der Waals surface area (Å²) in [5, 5.41) is 21.9. The molecule has 7 nitrogen and oxygen atoms in total. The first-order valence-corrected chi connectivity index (χ1v) is 7.03. The van der Waals surface area contributed by atoms with Crippen molar-refractivity contribution in [1.29, 1.82) is 5.26 Å². The van der Waals surface area contributed by atoms with Crippen molar-refractivity contribution < 1.29 is 4.79 Å². The molecule has 98 valence electrons. The fourth-order valence-corrected chi connectivity index (χ4v) is 2.71. The SMILES string of the molecule is Cn1c(N)nnc1SCC(=O)Nc1sccc1C#N. The second-order valence-corrected chi connectivity index (χ2v) is 5.37. The quantitative estimate of drug-likeness (QED) is 0.816. The zero-order valence-electron chi connectivity index (χ0n) is 9.95. The number of nitrogens with one attached hydrogen (secondary N) is 1. The third kappa shape index (κ3) is 3.04. The third-order valence-electron chi connectivity index (χ3n) is 2.24. The van der Waals surface area contributed by atoms with E-state index in [0.29, 0.717) is 21.7 Å². The second kappa shape index (κ2) is 5.73. The Hall–Kier alpha value is -2.05. The highest BCUT2D eigenvalue weighted by molar-refractivity contribution is 7.99. The summed E-state index contributed by atoms with van der Waals surface area (Å²) in [6.07, 6.45) is 0. The Morgan fingerprint density at radius 3 is 3.11 bits per heavy atom. The van der Waals surface area contributed by atoms with Crippen molar-refractivity contribution in [3.8, 4) is 6.07 Å². The molecule has 2 rings (SSSR count). The van der Waals surface area contributed by atoms with Crippen LogP contribution in [0.3, 0.4) is 0 Å². The molecule has 2 aromatic heterocycles. The van der Waals surface area contributed by atoms with E-state index in [2.05, 4.69) is 15.5 Å². The normalized spacial score (nSPS) is 10.1. The van der Waals surface area contributed by atoms with Crippen LogP contribution in [0.1, 0.15) is 5.56 Å². The van der Waals surface area contributed by atoms with E-state index < -0.39 is 0 Å². The molecule has 1 amide bonds. The van der Waals surface area contributed by atoms with Gasteiger partial charge < -0.3 is 11.1 Å². The van der Waals surface area contributed by atoms with Crippen molar-refractivity contribution in [2.24, 2.45) is 7.05 Å². The summed E-state index contributed by atoms with van der Waals surface area (Å²) in [6.45, 7) is 0. The number of thioether (sulfide) groups is 1. The summed E-state index contributed by atoms with van der Waals surface area (Å²) in [5.74, 6) is 0.271. The van der Waals surface area contributed by atoms with Gasteiger partial charge >= 0.3 is 0 Å². The number of nitrogen functional groups attached to an aromatic ring is 1. The van der Waals surface area contributed by atoms with Crippen LogP contribution in [-0.4, -0.2) is 26.4 Å². The monoisotopic (exact) mass is 294 g/mol. The largest absolute Gasteiger partial charge is 0.368 e. The second-order valence-electron chi connectivity index (χ2n) is 3.51. The molecule has 3 N–H and O–H groups in total. The number of rotatable bonds is 4. The van der Waals surface area contributed by atoms with Gasteiger partial charge in [0.15, 0.2) is 5.16 Å². The van der Waals surface area contributed by atoms with Crippen LogP contribution in [0.5, 0.6) is 0 Å². The molecule has 0 spiro atoms. The molecule has 2 aromatic rings. The summed E-state index contributed by atoms with van der Waals surface area (Å²) < 4.78 is 1.60. The van der Waals surface area contributed by atoms with E-state index in [1.54, 1.807) is 23.1 Å².